The van der Waals surface area contributed by atoms with E-state index in [-0.39, 0.29) is 0 Å². The summed E-state index contributed by atoms with van der Waals surface area (Å²) < 4.78 is 6.95. The van der Waals surface area contributed by atoms with Gasteiger partial charge in [-0.3, -0.25) is 0 Å². The van der Waals surface area contributed by atoms with Gasteiger partial charge < -0.3 is 10.1 Å². The van der Waals surface area contributed by atoms with Crippen molar-refractivity contribution in [2.45, 2.75) is 12.3 Å². The minimum Gasteiger partial charge on any atom is -0.493 e. The van der Waals surface area contributed by atoms with Gasteiger partial charge in [0.1, 0.15) is 5.75 Å². The molecule has 2 heterocycles. The number of hydrogen-bond acceptors (Lipinski definition) is 4. The van der Waals surface area contributed by atoms with Crippen molar-refractivity contribution in [2.24, 2.45) is 0 Å². The second kappa shape index (κ2) is 5.37. The molecule has 1 aliphatic rings. The van der Waals surface area contributed by atoms with E-state index < -0.39 is 0 Å². The van der Waals surface area contributed by atoms with E-state index in [1.165, 1.54) is 10.3 Å². The number of hydrogen-bond donors (Lipinski definition) is 1. The van der Waals surface area contributed by atoms with Gasteiger partial charge in [-0.25, -0.2) is 4.98 Å². The number of nitrogens with zero attached hydrogens (tertiary/aromatic N) is 1. The molecule has 4 heteroatoms. The summed E-state index contributed by atoms with van der Waals surface area (Å²) in [4.78, 5) is 4.31. The molecule has 106 valence electrons. The Morgan fingerprint density at radius 1 is 1.24 bits per heavy atom. The van der Waals surface area contributed by atoms with Crippen molar-refractivity contribution in [1.82, 2.24) is 4.98 Å². The van der Waals surface area contributed by atoms with E-state index in [9.17, 15) is 0 Å². The molecule has 0 aliphatic carbocycles. The smallest absolute Gasteiger partial charge is 0.122 e. The van der Waals surface area contributed by atoms with Crippen LogP contribution in [0.3, 0.4) is 0 Å². The summed E-state index contributed by atoms with van der Waals surface area (Å²) in [6.45, 7) is 1.74. The Bertz CT molecular complexity index is 768. The number of ether oxygens (including phenoxy) is 1. The lowest BCUT2D eigenvalue weighted by Gasteiger charge is -2.26. The average Bonchev–Trinajstić information content (AvgIpc) is 3.00. The van der Waals surface area contributed by atoms with Crippen molar-refractivity contribution in [1.29, 1.82) is 0 Å². The number of fused-ring (bicyclic) bond motifs is 2. The number of thiazole rings is 1. The van der Waals surface area contributed by atoms with Gasteiger partial charge in [-0.1, -0.05) is 18.2 Å². The van der Waals surface area contributed by atoms with Crippen LogP contribution in [0.1, 0.15) is 17.9 Å². The number of para-hydroxylation sites is 1. The fraction of sp³-hybridized carbons (Fsp3) is 0.235. The maximum absolute atomic E-state index is 5.72. The average molecular weight is 296 g/mol. The predicted molar refractivity (Wildman–Crippen MR) is 87.4 cm³/mol. The fourth-order valence-corrected chi connectivity index (χ4v) is 3.55. The number of anilines is 1. The summed E-state index contributed by atoms with van der Waals surface area (Å²) in [7, 11) is 0. The summed E-state index contributed by atoms with van der Waals surface area (Å²) in [5.74, 6) is 1.54. The van der Waals surface area contributed by atoms with Gasteiger partial charge in [0.05, 0.1) is 22.3 Å². The minimum atomic E-state index is 0.507. The van der Waals surface area contributed by atoms with Crippen LogP contribution < -0.4 is 10.1 Å². The quantitative estimate of drug-likeness (QED) is 0.783. The lowest BCUT2D eigenvalue weighted by molar-refractivity contribution is 0.270. The molecule has 0 fully saturated rings. The number of aromatic nitrogens is 1. The van der Waals surface area contributed by atoms with Crippen LogP contribution in [-0.4, -0.2) is 18.1 Å². The first-order chi connectivity index (χ1) is 10.4. The van der Waals surface area contributed by atoms with E-state index in [2.05, 4.69) is 46.7 Å². The third-order valence-electron chi connectivity index (χ3n) is 3.97. The van der Waals surface area contributed by atoms with Crippen molar-refractivity contribution in [3.8, 4) is 5.75 Å². The first-order valence-corrected chi connectivity index (χ1v) is 8.07. The number of nitrogens with one attached hydrogen (secondary N) is 1. The number of benzene rings is 2. The first kappa shape index (κ1) is 12.7. The Balaban J connectivity index is 1.52. The maximum Gasteiger partial charge on any atom is 0.122 e. The van der Waals surface area contributed by atoms with Crippen LogP contribution in [0.25, 0.3) is 10.2 Å². The van der Waals surface area contributed by atoms with E-state index in [0.29, 0.717) is 5.92 Å². The van der Waals surface area contributed by atoms with Crippen molar-refractivity contribution in [2.75, 3.05) is 18.5 Å². The van der Waals surface area contributed by atoms with E-state index >= 15 is 0 Å². The van der Waals surface area contributed by atoms with E-state index in [1.54, 1.807) is 11.3 Å². The lowest BCUT2D eigenvalue weighted by atomic mass is 9.93. The zero-order valence-corrected chi connectivity index (χ0v) is 12.4. The van der Waals surface area contributed by atoms with E-state index in [4.69, 9.17) is 4.74 Å². The van der Waals surface area contributed by atoms with Crippen molar-refractivity contribution in [3.63, 3.8) is 0 Å². The highest BCUT2D eigenvalue weighted by molar-refractivity contribution is 7.16. The minimum absolute atomic E-state index is 0.507. The van der Waals surface area contributed by atoms with Crippen LogP contribution in [0.2, 0.25) is 0 Å². The van der Waals surface area contributed by atoms with Gasteiger partial charge in [-0.15, -0.1) is 11.3 Å². The third-order valence-corrected chi connectivity index (χ3v) is 4.76. The van der Waals surface area contributed by atoms with Gasteiger partial charge in [0.15, 0.2) is 0 Å². The molecule has 21 heavy (non-hydrogen) atoms. The van der Waals surface area contributed by atoms with Crippen molar-refractivity contribution < 1.29 is 4.74 Å². The highest BCUT2D eigenvalue weighted by atomic mass is 32.1. The van der Waals surface area contributed by atoms with E-state index in [1.807, 2.05) is 11.6 Å². The van der Waals surface area contributed by atoms with Gasteiger partial charge >= 0.3 is 0 Å². The molecule has 1 atom stereocenters. The van der Waals surface area contributed by atoms with Gasteiger partial charge in [0.2, 0.25) is 0 Å². The highest BCUT2D eigenvalue weighted by Crippen LogP contribution is 2.33. The molecule has 1 unspecified atom stereocenters. The topological polar surface area (TPSA) is 34.1 Å². The summed E-state index contributed by atoms with van der Waals surface area (Å²) >= 11 is 1.68. The van der Waals surface area contributed by atoms with Crippen LogP contribution in [-0.2, 0) is 0 Å². The SMILES string of the molecule is c1ccc2c(c1)OCCC2CNc1ccc2ncsc2c1. The van der Waals surface area contributed by atoms with Gasteiger partial charge in [0.25, 0.3) is 0 Å². The zero-order chi connectivity index (χ0) is 14.1. The molecule has 2 aromatic carbocycles. The molecule has 0 saturated carbocycles. The van der Waals surface area contributed by atoms with Crippen LogP contribution >= 0.6 is 11.3 Å². The molecule has 1 aliphatic heterocycles. The second-order valence-electron chi connectivity index (χ2n) is 5.29. The normalized spacial score (nSPS) is 17.2. The van der Waals surface area contributed by atoms with E-state index in [0.717, 1.165) is 36.5 Å². The fourth-order valence-electron chi connectivity index (χ4n) is 2.83. The summed E-state index contributed by atoms with van der Waals surface area (Å²) in [6.07, 6.45) is 1.06. The Morgan fingerprint density at radius 3 is 3.19 bits per heavy atom. The molecule has 1 N–H and O–H groups in total. The summed E-state index contributed by atoms with van der Waals surface area (Å²) in [6, 6.07) is 14.7. The Morgan fingerprint density at radius 2 is 2.19 bits per heavy atom. The zero-order valence-electron chi connectivity index (χ0n) is 11.6. The Kier molecular flexibility index (Phi) is 3.24. The standard InChI is InChI=1S/C17H16N2OS/c1-2-4-16-14(3-1)12(7-8-20-16)10-18-13-5-6-15-17(9-13)21-11-19-15/h1-6,9,11-12,18H,7-8,10H2. The molecule has 0 saturated heterocycles. The molecule has 0 bridgehead atoms. The molecular weight excluding hydrogens is 280 g/mol. The summed E-state index contributed by atoms with van der Waals surface area (Å²) in [5.41, 5.74) is 5.44. The van der Waals surface area contributed by atoms with Gasteiger partial charge in [-0.2, -0.15) is 0 Å². The largest absolute Gasteiger partial charge is 0.493 e. The van der Waals surface area contributed by atoms with Crippen LogP contribution in [0.4, 0.5) is 5.69 Å². The highest BCUT2D eigenvalue weighted by Gasteiger charge is 2.20. The molecule has 4 rings (SSSR count). The predicted octanol–water partition coefficient (Wildman–Crippen LogP) is 4.27. The Hall–Kier alpha value is -2.07. The number of rotatable bonds is 3. The van der Waals surface area contributed by atoms with Crippen LogP contribution in [0.5, 0.6) is 5.75 Å². The molecular formula is C17H16N2OS. The maximum atomic E-state index is 5.72. The van der Waals surface area contributed by atoms with Gasteiger partial charge in [-0.05, 0) is 36.2 Å². The Labute approximate surface area is 127 Å². The molecule has 0 radical (unpaired) electrons. The second-order valence-corrected chi connectivity index (χ2v) is 6.17. The van der Waals surface area contributed by atoms with Crippen LogP contribution in [0.15, 0.2) is 48.0 Å². The third kappa shape index (κ3) is 2.47. The molecule has 3 nitrogen and oxygen atoms in total. The van der Waals surface area contributed by atoms with Gasteiger partial charge in [0, 0.05) is 18.2 Å². The molecule has 3 aromatic rings. The molecule has 1 aromatic heterocycles. The van der Waals surface area contributed by atoms with Crippen molar-refractivity contribution >= 4 is 27.2 Å². The monoisotopic (exact) mass is 296 g/mol. The molecule has 0 spiro atoms. The lowest BCUT2D eigenvalue weighted by Crippen LogP contribution is -2.20. The first-order valence-electron chi connectivity index (χ1n) is 7.19. The molecule has 0 amide bonds. The van der Waals surface area contributed by atoms with Crippen LogP contribution in [0, 0.1) is 0 Å². The van der Waals surface area contributed by atoms with Crippen molar-refractivity contribution in [3.05, 3.63) is 53.5 Å². The summed E-state index contributed by atoms with van der Waals surface area (Å²) in [5, 5.41) is 3.56.